The van der Waals surface area contributed by atoms with Crippen LogP contribution in [-0.2, 0) is 4.79 Å². The van der Waals surface area contributed by atoms with Gasteiger partial charge in [0.15, 0.2) is 0 Å². The fraction of sp³-hybridized carbons (Fsp3) is 0.462. The number of hydrogen-bond acceptors (Lipinski definition) is 3. The summed E-state index contributed by atoms with van der Waals surface area (Å²) in [5, 5.41) is 2.76. The van der Waals surface area contributed by atoms with E-state index in [0.29, 0.717) is 19.6 Å². The molecule has 0 aliphatic rings. The van der Waals surface area contributed by atoms with Crippen LogP contribution in [-0.4, -0.2) is 24.6 Å². The van der Waals surface area contributed by atoms with Gasteiger partial charge in [0.05, 0.1) is 13.0 Å². The summed E-state index contributed by atoms with van der Waals surface area (Å²) in [5.41, 5.74) is 5.38. The maximum atomic E-state index is 11.4. The fourth-order valence-electron chi connectivity index (χ4n) is 1.19. The summed E-state index contributed by atoms with van der Waals surface area (Å²) in [6.45, 7) is 4.58. The Morgan fingerprint density at radius 2 is 1.94 bits per heavy atom. The Morgan fingerprint density at radius 3 is 2.50 bits per heavy atom. The minimum atomic E-state index is -0.379. The second kappa shape index (κ2) is 7.95. The number of rotatable bonds is 6. The summed E-state index contributed by atoms with van der Waals surface area (Å²) < 4.78 is 5.42. The lowest BCUT2D eigenvalue weighted by Crippen LogP contribution is -2.45. The van der Waals surface area contributed by atoms with E-state index in [1.165, 1.54) is 0 Å². The van der Waals surface area contributed by atoms with E-state index < -0.39 is 0 Å². The summed E-state index contributed by atoms with van der Waals surface area (Å²) in [7, 11) is 0. The average Bonchev–Trinajstić information content (AvgIpc) is 2.27. The summed E-state index contributed by atoms with van der Waals surface area (Å²) in [6.07, 6.45) is 0.338. The summed E-state index contributed by atoms with van der Waals surface area (Å²) in [6, 6.07) is 9.43. The van der Waals surface area contributed by atoms with Crippen molar-refractivity contribution >= 4 is 18.3 Å². The Balaban J connectivity index is 0.00000289. The number of hydrogen-bond donors (Lipinski definition) is 2. The van der Waals surface area contributed by atoms with E-state index in [2.05, 4.69) is 5.32 Å². The van der Waals surface area contributed by atoms with Gasteiger partial charge in [-0.3, -0.25) is 4.79 Å². The van der Waals surface area contributed by atoms with Gasteiger partial charge in [-0.25, -0.2) is 0 Å². The van der Waals surface area contributed by atoms with E-state index in [9.17, 15) is 4.79 Å². The first-order chi connectivity index (χ1) is 7.97. The van der Waals surface area contributed by atoms with Crippen molar-refractivity contribution in [2.24, 2.45) is 5.73 Å². The van der Waals surface area contributed by atoms with Gasteiger partial charge in [-0.15, -0.1) is 12.4 Å². The molecule has 0 bridgehead atoms. The van der Waals surface area contributed by atoms with Crippen LogP contribution in [0.3, 0.4) is 0 Å². The Morgan fingerprint density at radius 1 is 1.33 bits per heavy atom. The van der Waals surface area contributed by atoms with Crippen molar-refractivity contribution in [3.63, 3.8) is 0 Å². The van der Waals surface area contributed by atoms with Crippen LogP contribution in [0, 0.1) is 0 Å². The van der Waals surface area contributed by atoms with E-state index in [4.69, 9.17) is 10.5 Å². The number of ether oxygens (including phenoxy) is 1. The lowest BCUT2D eigenvalue weighted by molar-refractivity contribution is -0.121. The molecule has 0 atom stereocenters. The highest BCUT2D eigenvalue weighted by Crippen LogP contribution is 2.08. The zero-order valence-corrected chi connectivity index (χ0v) is 11.6. The molecule has 5 heteroatoms. The molecule has 0 radical (unpaired) electrons. The van der Waals surface area contributed by atoms with Crippen LogP contribution < -0.4 is 15.8 Å². The predicted octanol–water partition coefficient (Wildman–Crippen LogP) is 1.73. The first-order valence-electron chi connectivity index (χ1n) is 5.71. The van der Waals surface area contributed by atoms with Crippen molar-refractivity contribution in [1.29, 1.82) is 0 Å². The van der Waals surface area contributed by atoms with E-state index in [1.807, 2.05) is 44.2 Å². The molecule has 1 amide bonds. The highest BCUT2D eigenvalue weighted by Gasteiger charge is 2.11. The van der Waals surface area contributed by atoms with Crippen LogP contribution in [0.2, 0.25) is 0 Å². The minimum Gasteiger partial charge on any atom is -0.493 e. The largest absolute Gasteiger partial charge is 0.493 e. The number of carbonyl (C=O) groups is 1. The van der Waals surface area contributed by atoms with Crippen LogP contribution >= 0.6 is 12.4 Å². The molecule has 3 N–H and O–H groups in total. The lowest BCUT2D eigenvalue weighted by atomic mass is 10.1. The second-order valence-electron chi connectivity index (χ2n) is 4.68. The molecular weight excluding hydrogens is 252 g/mol. The third kappa shape index (κ3) is 7.92. The van der Waals surface area contributed by atoms with Crippen LogP contribution in [0.15, 0.2) is 30.3 Å². The second-order valence-corrected chi connectivity index (χ2v) is 4.68. The van der Waals surface area contributed by atoms with Crippen molar-refractivity contribution < 1.29 is 9.53 Å². The minimum absolute atomic E-state index is 0. The number of amides is 1. The Kier molecular flexibility index (Phi) is 7.39. The molecule has 0 aliphatic carbocycles. The SMILES string of the molecule is CC(C)(N)CNC(=O)CCOc1ccccc1.Cl. The number of halogens is 1. The van der Waals surface area contributed by atoms with Crippen LogP contribution in [0.1, 0.15) is 20.3 Å². The van der Waals surface area contributed by atoms with Crippen LogP contribution in [0.4, 0.5) is 0 Å². The van der Waals surface area contributed by atoms with Crippen molar-refractivity contribution in [2.45, 2.75) is 25.8 Å². The quantitative estimate of drug-likeness (QED) is 0.829. The maximum absolute atomic E-state index is 11.4. The van der Waals surface area contributed by atoms with E-state index in [0.717, 1.165) is 5.75 Å². The predicted molar refractivity (Wildman–Crippen MR) is 75.1 cm³/mol. The fourth-order valence-corrected chi connectivity index (χ4v) is 1.19. The lowest BCUT2D eigenvalue weighted by Gasteiger charge is -2.18. The highest BCUT2D eigenvalue weighted by molar-refractivity contribution is 5.85. The molecule has 4 nitrogen and oxygen atoms in total. The standard InChI is InChI=1S/C13H20N2O2.ClH/c1-13(2,14)10-15-12(16)8-9-17-11-6-4-3-5-7-11;/h3-7H,8-10,14H2,1-2H3,(H,15,16);1H. The summed E-state index contributed by atoms with van der Waals surface area (Å²) in [4.78, 5) is 11.4. The molecule has 0 aliphatic heterocycles. The molecule has 0 unspecified atom stereocenters. The third-order valence-corrected chi connectivity index (χ3v) is 2.08. The number of benzene rings is 1. The first-order valence-corrected chi connectivity index (χ1v) is 5.71. The van der Waals surface area contributed by atoms with Gasteiger partial charge in [-0.05, 0) is 26.0 Å². The van der Waals surface area contributed by atoms with E-state index in [1.54, 1.807) is 0 Å². The molecule has 0 heterocycles. The van der Waals surface area contributed by atoms with Gasteiger partial charge in [0, 0.05) is 12.1 Å². The molecule has 1 aromatic carbocycles. The number of nitrogens with one attached hydrogen (secondary N) is 1. The van der Waals surface area contributed by atoms with Gasteiger partial charge in [0.25, 0.3) is 0 Å². The Bertz CT molecular complexity index is 350. The molecule has 18 heavy (non-hydrogen) atoms. The maximum Gasteiger partial charge on any atom is 0.223 e. The van der Waals surface area contributed by atoms with Crippen molar-refractivity contribution in [3.05, 3.63) is 30.3 Å². The average molecular weight is 273 g/mol. The molecular formula is C13H21ClN2O2. The zero-order valence-electron chi connectivity index (χ0n) is 10.8. The topological polar surface area (TPSA) is 64.3 Å². The van der Waals surface area contributed by atoms with Crippen LogP contribution in [0.25, 0.3) is 0 Å². The molecule has 102 valence electrons. The Hall–Kier alpha value is -1.26. The van der Waals surface area contributed by atoms with Gasteiger partial charge in [-0.2, -0.15) is 0 Å². The number of para-hydroxylation sites is 1. The number of nitrogens with two attached hydrogens (primary N) is 1. The molecule has 1 rings (SSSR count). The van der Waals surface area contributed by atoms with Gasteiger partial charge in [-0.1, -0.05) is 18.2 Å². The van der Waals surface area contributed by atoms with E-state index in [-0.39, 0.29) is 23.9 Å². The van der Waals surface area contributed by atoms with Gasteiger partial charge in [0.2, 0.25) is 5.91 Å². The van der Waals surface area contributed by atoms with E-state index >= 15 is 0 Å². The monoisotopic (exact) mass is 272 g/mol. The smallest absolute Gasteiger partial charge is 0.223 e. The van der Waals surface area contributed by atoms with Gasteiger partial charge >= 0.3 is 0 Å². The first kappa shape index (κ1) is 16.7. The molecule has 0 saturated carbocycles. The van der Waals surface area contributed by atoms with Gasteiger partial charge in [0.1, 0.15) is 5.75 Å². The van der Waals surface area contributed by atoms with Crippen molar-refractivity contribution in [2.75, 3.05) is 13.2 Å². The van der Waals surface area contributed by atoms with Gasteiger partial charge < -0.3 is 15.8 Å². The van der Waals surface area contributed by atoms with Crippen LogP contribution in [0.5, 0.6) is 5.75 Å². The molecule has 0 fully saturated rings. The Labute approximate surface area is 114 Å². The zero-order chi connectivity index (χ0) is 12.7. The summed E-state index contributed by atoms with van der Waals surface area (Å²) >= 11 is 0. The molecule has 0 saturated heterocycles. The highest BCUT2D eigenvalue weighted by atomic mass is 35.5. The van der Waals surface area contributed by atoms with Crippen molar-refractivity contribution in [1.82, 2.24) is 5.32 Å². The normalized spacial score (nSPS) is 10.4. The summed E-state index contributed by atoms with van der Waals surface area (Å²) in [5.74, 6) is 0.735. The third-order valence-electron chi connectivity index (χ3n) is 2.08. The number of carbonyl (C=O) groups excluding carboxylic acids is 1. The van der Waals surface area contributed by atoms with Crippen molar-refractivity contribution in [3.8, 4) is 5.75 Å². The molecule has 0 spiro atoms. The molecule has 1 aromatic rings. The molecule has 0 aromatic heterocycles.